The summed E-state index contributed by atoms with van der Waals surface area (Å²) in [4.78, 5) is 0. The van der Waals surface area contributed by atoms with Crippen LogP contribution in [-0.4, -0.2) is 6.04 Å². The van der Waals surface area contributed by atoms with Crippen LogP contribution in [0.4, 0.5) is 10.1 Å². The molecule has 0 radical (unpaired) electrons. The second-order valence-corrected chi connectivity index (χ2v) is 5.66. The highest BCUT2D eigenvalue weighted by Gasteiger charge is 2.24. The molecule has 96 valence electrons. The minimum atomic E-state index is -0.273. The molecule has 0 aliphatic heterocycles. The van der Waals surface area contributed by atoms with Gasteiger partial charge in [-0.25, -0.2) is 4.39 Å². The maximum absolute atomic E-state index is 13.8. The molecule has 4 heteroatoms. The molecule has 2 rings (SSSR count). The summed E-state index contributed by atoms with van der Waals surface area (Å²) < 4.78 is 14.5. The lowest BCUT2D eigenvalue weighted by atomic mass is 9.96. The van der Waals surface area contributed by atoms with Gasteiger partial charge in [0.05, 0.1) is 17.7 Å². The molecular weight excluding hydrogens is 295 g/mol. The van der Waals surface area contributed by atoms with Crippen LogP contribution >= 0.6 is 15.9 Å². The number of nitrogens with zero attached hydrogens (tertiary/aromatic N) is 1. The Balaban J connectivity index is 2.13. The maximum Gasteiger partial charge on any atom is 0.147 e. The first kappa shape index (κ1) is 13.4. The van der Waals surface area contributed by atoms with E-state index in [1.807, 2.05) is 6.07 Å². The molecule has 1 saturated carbocycles. The Morgan fingerprint density at radius 1 is 1.28 bits per heavy atom. The van der Waals surface area contributed by atoms with Gasteiger partial charge in [-0.15, -0.1) is 0 Å². The molecule has 1 fully saturated rings. The Hall–Kier alpha value is -1.08. The van der Waals surface area contributed by atoms with E-state index in [2.05, 4.69) is 27.3 Å². The standard InChI is InChI=1S/C14H16BrFN2/c15-11-6-7-14(12(16)8-11)18-13-5-3-1-2-4-10(13)9-17/h6-8,10,13,18H,1-5H2. The number of nitriles is 1. The van der Waals surface area contributed by atoms with Crippen LogP contribution in [0, 0.1) is 23.1 Å². The minimum Gasteiger partial charge on any atom is -0.379 e. The molecule has 1 aromatic carbocycles. The smallest absolute Gasteiger partial charge is 0.147 e. The van der Waals surface area contributed by atoms with Crippen LogP contribution in [0.25, 0.3) is 0 Å². The van der Waals surface area contributed by atoms with Gasteiger partial charge in [0.15, 0.2) is 0 Å². The van der Waals surface area contributed by atoms with Crippen LogP contribution < -0.4 is 5.32 Å². The van der Waals surface area contributed by atoms with Gasteiger partial charge in [0.25, 0.3) is 0 Å². The average molecular weight is 311 g/mol. The van der Waals surface area contributed by atoms with Gasteiger partial charge < -0.3 is 5.32 Å². The zero-order chi connectivity index (χ0) is 13.0. The normalized spacial score (nSPS) is 24.1. The van der Waals surface area contributed by atoms with E-state index in [-0.39, 0.29) is 17.8 Å². The topological polar surface area (TPSA) is 35.8 Å². The molecule has 1 N–H and O–H groups in total. The number of benzene rings is 1. The number of nitrogens with one attached hydrogen (secondary N) is 1. The van der Waals surface area contributed by atoms with E-state index in [4.69, 9.17) is 0 Å². The Bertz CT molecular complexity index is 456. The summed E-state index contributed by atoms with van der Waals surface area (Å²) in [7, 11) is 0. The lowest BCUT2D eigenvalue weighted by Crippen LogP contribution is -2.27. The molecule has 0 amide bonds. The van der Waals surface area contributed by atoms with Crippen molar-refractivity contribution in [3.63, 3.8) is 0 Å². The fourth-order valence-electron chi connectivity index (χ4n) is 2.44. The quantitative estimate of drug-likeness (QED) is 0.818. The van der Waals surface area contributed by atoms with Crippen LogP contribution in [0.15, 0.2) is 22.7 Å². The Kier molecular flexibility index (Phi) is 4.60. The molecule has 1 aromatic rings. The van der Waals surface area contributed by atoms with E-state index in [0.29, 0.717) is 5.69 Å². The van der Waals surface area contributed by atoms with Crippen molar-refractivity contribution in [2.75, 3.05) is 5.32 Å². The zero-order valence-corrected chi connectivity index (χ0v) is 11.7. The Labute approximate surface area is 115 Å². The van der Waals surface area contributed by atoms with E-state index in [1.54, 1.807) is 6.07 Å². The van der Waals surface area contributed by atoms with E-state index in [9.17, 15) is 9.65 Å². The van der Waals surface area contributed by atoms with Gasteiger partial charge in [0.2, 0.25) is 0 Å². The third-order valence-corrected chi connectivity index (χ3v) is 3.95. The zero-order valence-electron chi connectivity index (χ0n) is 10.1. The number of rotatable bonds is 2. The molecule has 0 spiro atoms. The first-order valence-electron chi connectivity index (χ1n) is 6.32. The molecule has 1 aliphatic rings. The SMILES string of the molecule is N#CC1CCCCCC1Nc1ccc(Br)cc1F. The van der Waals surface area contributed by atoms with Crippen molar-refractivity contribution < 1.29 is 4.39 Å². The molecule has 0 saturated heterocycles. The van der Waals surface area contributed by atoms with Crippen LogP contribution in [0.3, 0.4) is 0 Å². The van der Waals surface area contributed by atoms with Crippen molar-refractivity contribution in [2.45, 2.75) is 38.1 Å². The number of hydrogen-bond donors (Lipinski definition) is 1. The molecular formula is C14H16BrFN2. The molecule has 0 bridgehead atoms. The van der Waals surface area contributed by atoms with Gasteiger partial charge >= 0.3 is 0 Å². The van der Waals surface area contributed by atoms with Crippen molar-refractivity contribution in [3.8, 4) is 6.07 Å². The molecule has 0 aromatic heterocycles. The minimum absolute atomic E-state index is 0.0180. The second kappa shape index (κ2) is 6.19. The average Bonchev–Trinajstić information content (AvgIpc) is 2.57. The van der Waals surface area contributed by atoms with Gasteiger partial charge in [0.1, 0.15) is 5.82 Å². The van der Waals surface area contributed by atoms with Crippen molar-refractivity contribution in [1.82, 2.24) is 0 Å². The van der Waals surface area contributed by atoms with Crippen LogP contribution in [-0.2, 0) is 0 Å². The fourth-order valence-corrected chi connectivity index (χ4v) is 2.77. The number of anilines is 1. The first-order chi connectivity index (χ1) is 8.70. The van der Waals surface area contributed by atoms with Crippen LogP contribution in [0.2, 0.25) is 0 Å². The van der Waals surface area contributed by atoms with Crippen molar-refractivity contribution >= 4 is 21.6 Å². The van der Waals surface area contributed by atoms with Crippen molar-refractivity contribution in [3.05, 3.63) is 28.5 Å². The second-order valence-electron chi connectivity index (χ2n) is 4.75. The number of halogens is 2. The molecule has 2 atom stereocenters. The summed E-state index contributed by atoms with van der Waals surface area (Å²) >= 11 is 3.24. The van der Waals surface area contributed by atoms with Gasteiger partial charge in [-0.1, -0.05) is 35.2 Å². The molecule has 2 unspecified atom stereocenters. The fraction of sp³-hybridized carbons (Fsp3) is 0.500. The molecule has 0 heterocycles. The summed E-state index contributed by atoms with van der Waals surface area (Å²) in [5, 5.41) is 12.4. The third kappa shape index (κ3) is 3.23. The Morgan fingerprint density at radius 3 is 2.78 bits per heavy atom. The van der Waals surface area contributed by atoms with E-state index >= 15 is 0 Å². The third-order valence-electron chi connectivity index (χ3n) is 3.45. The monoisotopic (exact) mass is 310 g/mol. The van der Waals surface area contributed by atoms with Gasteiger partial charge in [-0.2, -0.15) is 5.26 Å². The maximum atomic E-state index is 13.8. The summed E-state index contributed by atoms with van der Waals surface area (Å²) in [6.07, 6.45) is 5.21. The van der Waals surface area contributed by atoms with Gasteiger partial charge in [0, 0.05) is 10.5 Å². The lowest BCUT2D eigenvalue weighted by molar-refractivity contribution is 0.510. The van der Waals surface area contributed by atoms with Crippen molar-refractivity contribution in [1.29, 1.82) is 5.26 Å². The lowest BCUT2D eigenvalue weighted by Gasteiger charge is -2.22. The highest BCUT2D eigenvalue weighted by molar-refractivity contribution is 9.10. The van der Waals surface area contributed by atoms with Crippen LogP contribution in [0.1, 0.15) is 32.1 Å². The summed E-state index contributed by atoms with van der Waals surface area (Å²) in [6.45, 7) is 0. The predicted molar refractivity (Wildman–Crippen MR) is 73.7 cm³/mol. The highest BCUT2D eigenvalue weighted by Crippen LogP contribution is 2.27. The van der Waals surface area contributed by atoms with E-state index in [1.165, 1.54) is 12.5 Å². The largest absolute Gasteiger partial charge is 0.379 e. The Morgan fingerprint density at radius 2 is 2.06 bits per heavy atom. The summed E-state index contributed by atoms with van der Waals surface area (Å²) in [5.74, 6) is -0.291. The first-order valence-corrected chi connectivity index (χ1v) is 7.11. The van der Waals surface area contributed by atoms with Gasteiger partial charge in [-0.05, 0) is 31.0 Å². The van der Waals surface area contributed by atoms with E-state index < -0.39 is 0 Å². The van der Waals surface area contributed by atoms with Crippen LogP contribution in [0.5, 0.6) is 0 Å². The highest BCUT2D eigenvalue weighted by atomic mass is 79.9. The van der Waals surface area contributed by atoms with E-state index in [0.717, 1.165) is 30.2 Å². The molecule has 2 nitrogen and oxygen atoms in total. The summed E-state index contributed by atoms with van der Waals surface area (Å²) in [6, 6.07) is 7.39. The summed E-state index contributed by atoms with van der Waals surface area (Å²) in [5.41, 5.74) is 0.491. The molecule has 1 aliphatic carbocycles. The number of hydrogen-bond acceptors (Lipinski definition) is 2. The predicted octanol–water partition coefficient (Wildman–Crippen LogP) is 4.47. The van der Waals surface area contributed by atoms with Crippen molar-refractivity contribution in [2.24, 2.45) is 5.92 Å². The van der Waals surface area contributed by atoms with Gasteiger partial charge in [-0.3, -0.25) is 0 Å². The molecule has 18 heavy (non-hydrogen) atoms.